The van der Waals surface area contributed by atoms with E-state index in [0.717, 1.165) is 37.1 Å². The average Bonchev–Trinajstić information content (AvgIpc) is 2.66. The lowest BCUT2D eigenvalue weighted by Crippen LogP contribution is -2.37. The molecule has 1 aliphatic rings. The first-order chi connectivity index (χ1) is 8.60. The molecule has 2 N–H and O–H groups in total. The lowest BCUT2D eigenvalue weighted by molar-refractivity contribution is 0.0320. The predicted octanol–water partition coefficient (Wildman–Crippen LogP) is 2.45. The molecule has 2 aromatic rings. The highest BCUT2D eigenvalue weighted by atomic mass is 16.5. The van der Waals surface area contributed by atoms with Gasteiger partial charge in [-0.1, -0.05) is 6.07 Å². The van der Waals surface area contributed by atoms with Crippen LogP contribution in [0.25, 0.3) is 11.0 Å². The van der Waals surface area contributed by atoms with Crippen LogP contribution in [0.15, 0.2) is 18.2 Å². The minimum Gasteiger partial charge on any atom is -0.381 e. The Kier molecular flexibility index (Phi) is 2.55. The number of anilines is 1. The van der Waals surface area contributed by atoms with Crippen molar-refractivity contribution in [1.29, 1.82) is 0 Å². The first kappa shape index (κ1) is 11.5. The maximum absolute atomic E-state index is 6.13. The summed E-state index contributed by atoms with van der Waals surface area (Å²) in [6.45, 7) is 5.93. The topological polar surface area (TPSA) is 53.1 Å². The SMILES string of the molecule is Cc1ccc2nc(N)n(C3(C)CCOCC3)c2c1. The monoisotopic (exact) mass is 245 g/mol. The second-order valence-corrected chi connectivity index (χ2v) is 5.41. The molecule has 1 aromatic carbocycles. The van der Waals surface area contributed by atoms with Crippen molar-refractivity contribution >= 4 is 17.0 Å². The molecular weight excluding hydrogens is 226 g/mol. The number of aryl methyl sites for hydroxylation is 1. The number of imidazole rings is 1. The molecule has 18 heavy (non-hydrogen) atoms. The molecule has 0 aliphatic carbocycles. The number of aromatic nitrogens is 2. The summed E-state index contributed by atoms with van der Waals surface area (Å²) in [6.07, 6.45) is 1.97. The van der Waals surface area contributed by atoms with Crippen LogP contribution in [0.5, 0.6) is 0 Å². The van der Waals surface area contributed by atoms with Gasteiger partial charge in [-0.2, -0.15) is 0 Å². The highest BCUT2D eigenvalue weighted by Gasteiger charge is 2.32. The molecular formula is C14H19N3O. The van der Waals surface area contributed by atoms with Gasteiger partial charge in [0.05, 0.1) is 11.0 Å². The molecule has 1 aliphatic heterocycles. The number of benzene rings is 1. The van der Waals surface area contributed by atoms with Crippen LogP contribution in [0.1, 0.15) is 25.3 Å². The van der Waals surface area contributed by atoms with Gasteiger partial charge in [0.25, 0.3) is 0 Å². The van der Waals surface area contributed by atoms with Crippen LogP contribution in [-0.4, -0.2) is 22.8 Å². The van der Waals surface area contributed by atoms with E-state index in [-0.39, 0.29) is 5.54 Å². The molecule has 0 bridgehead atoms. The Balaban J connectivity index is 2.20. The Labute approximate surface area is 107 Å². The van der Waals surface area contributed by atoms with Crippen LogP contribution >= 0.6 is 0 Å². The van der Waals surface area contributed by atoms with Gasteiger partial charge in [0, 0.05) is 18.8 Å². The van der Waals surface area contributed by atoms with Crippen molar-refractivity contribution in [1.82, 2.24) is 9.55 Å². The summed E-state index contributed by atoms with van der Waals surface area (Å²) in [5.74, 6) is 0.611. The maximum Gasteiger partial charge on any atom is 0.201 e. The molecule has 4 nitrogen and oxygen atoms in total. The van der Waals surface area contributed by atoms with Crippen molar-refractivity contribution in [2.45, 2.75) is 32.2 Å². The minimum atomic E-state index is 0.0187. The molecule has 1 aromatic heterocycles. The van der Waals surface area contributed by atoms with Gasteiger partial charge in [0.2, 0.25) is 5.95 Å². The molecule has 96 valence electrons. The van der Waals surface area contributed by atoms with Gasteiger partial charge < -0.3 is 15.0 Å². The van der Waals surface area contributed by atoms with Crippen molar-refractivity contribution in [2.75, 3.05) is 18.9 Å². The number of nitrogens with zero attached hydrogens (tertiary/aromatic N) is 2. The number of rotatable bonds is 1. The van der Waals surface area contributed by atoms with Crippen LogP contribution in [0.2, 0.25) is 0 Å². The van der Waals surface area contributed by atoms with Crippen LogP contribution in [0, 0.1) is 6.92 Å². The Hall–Kier alpha value is -1.55. The van der Waals surface area contributed by atoms with Crippen LogP contribution in [0.4, 0.5) is 5.95 Å². The standard InChI is InChI=1S/C14H19N3O/c1-10-3-4-11-12(9-10)17(13(15)16-11)14(2)5-7-18-8-6-14/h3-4,9H,5-8H2,1-2H3,(H2,15,16). The second kappa shape index (κ2) is 3.99. The third-order valence-corrected chi connectivity index (χ3v) is 3.95. The summed E-state index contributed by atoms with van der Waals surface area (Å²) in [7, 11) is 0. The summed E-state index contributed by atoms with van der Waals surface area (Å²) in [4.78, 5) is 4.47. The molecule has 0 amide bonds. The van der Waals surface area contributed by atoms with Crippen molar-refractivity contribution in [3.05, 3.63) is 23.8 Å². The maximum atomic E-state index is 6.13. The number of nitrogen functional groups attached to an aromatic ring is 1. The Bertz CT molecular complexity index is 582. The largest absolute Gasteiger partial charge is 0.381 e. The number of hydrogen-bond donors (Lipinski definition) is 1. The van der Waals surface area contributed by atoms with Crippen molar-refractivity contribution in [3.63, 3.8) is 0 Å². The van der Waals surface area contributed by atoms with Crippen LogP contribution in [-0.2, 0) is 10.3 Å². The fraction of sp³-hybridized carbons (Fsp3) is 0.500. The van der Waals surface area contributed by atoms with E-state index in [1.807, 2.05) is 6.07 Å². The summed E-state index contributed by atoms with van der Waals surface area (Å²) in [6, 6.07) is 6.28. The molecule has 0 unspecified atom stereocenters. The highest BCUT2D eigenvalue weighted by Crippen LogP contribution is 2.34. The number of ether oxygens (including phenoxy) is 1. The number of nitrogens with two attached hydrogens (primary N) is 1. The minimum absolute atomic E-state index is 0.0187. The van der Waals surface area contributed by atoms with Crippen molar-refractivity contribution < 1.29 is 4.74 Å². The molecule has 4 heteroatoms. The third-order valence-electron chi connectivity index (χ3n) is 3.95. The quantitative estimate of drug-likeness (QED) is 0.839. The first-order valence-electron chi connectivity index (χ1n) is 6.43. The van der Waals surface area contributed by atoms with E-state index < -0.39 is 0 Å². The summed E-state index contributed by atoms with van der Waals surface area (Å²) >= 11 is 0. The third kappa shape index (κ3) is 1.68. The van der Waals surface area contributed by atoms with Gasteiger partial charge in [-0.3, -0.25) is 0 Å². The molecule has 1 fully saturated rings. The second-order valence-electron chi connectivity index (χ2n) is 5.41. The highest BCUT2D eigenvalue weighted by molar-refractivity contribution is 5.79. The van der Waals surface area contributed by atoms with Gasteiger partial charge in [-0.05, 0) is 44.4 Å². The van der Waals surface area contributed by atoms with E-state index in [4.69, 9.17) is 10.5 Å². The van der Waals surface area contributed by atoms with Crippen molar-refractivity contribution in [3.8, 4) is 0 Å². The van der Waals surface area contributed by atoms with E-state index >= 15 is 0 Å². The normalized spacial score (nSPS) is 19.2. The molecule has 0 spiro atoms. The van der Waals surface area contributed by atoms with E-state index in [1.54, 1.807) is 0 Å². The lowest BCUT2D eigenvalue weighted by atomic mass is 9.92. The fourth-order valence-electron chi connectivity index (χ4n) is 2.81. The van der Waals surface area contributed by atoms with E-state index in [2.05, 4.69) is 35.5 Å². The molecule has 0 saturated carbocycles. The van der Waals surface area contributed by atoms with E-state index in [1.165, 1.54) is 5.56 Å². The average molecular weight is 245 g/mol. The fourth-order valence-corrected chi connectivity index (χ4v) is 2.81. The van der Waals surface area contributed by atoms with Gasteiger partial charge >= 0.3 is 0 Å². The van der Waals surface area contributed by atoms with E-state index in [9.17, 15) is 0 Å². The van der Waals surface area contributed by atoms with E-state index in [0.29, 0.717) is 5.95 Å². The van der Waals surface area contributed by atoms with Gasteiger partial charge in [0.1, 0.15) is 0 Å². The van der Waals surface area contributed by atoms with Gasteiger partial charge in [-0.15, -0.1) is 0 Å². The first-order valence-corrected chi connectivity index (χ1v) is 6.43. The molecule has 3 rings (SSSR count). The number of hydrogen-bond acceptors (Lipinski definition) is 3. The van der Waals surface area contributed by atoms with Gasteiger partial charge in [-0.25, -0.2) is 4.98 Å². The summed E-state index contributed by atoms with van der Waals surface area (Å²) in [5, 5.41) is 0. The predicted molar refractivity (Wildman–Crippen MR) is 72.6 cm³/mol. The molecule has 2 heterocycles. The summed E-state index contributed by atoms with van der Waals surface area (Å²) < 4.78 is 7.66. The zero-order chi connectivity index (χ0) is 12.8. The Morgan fingerprint density at radius 1 is 1.33 bits per heavy atom. The molecule has 0 radical (unpaired) electrons. The molecule has 1 saturated heterocycles. The zero-order valence-corrected chi connectivity index (χ0v) is 10.9. The molecule has 0 atom stereocenters. The van der Waals surface area contributed by atoms with Crippen LogP contribution < -0.4 is 5.73 Å². The van der Waals surface area contributed by atoms with Crippen molar-refractivity contribution in [2.24, 2.45) is 0 Å². The van der Waals surface area contributed by atoms with Crippen LogP contribution in [0.3, 0.4) is 0 Å². The lowest BCUT2D eigenvalue weighted by Gasteiger charge is -2.36. The number of fused-ring (bicyclic) bond motifs is 1. The summed E-state index contributed by atoms with van der Waals surface area (Å²) in [5.41, 5.74) is 9.50. The Morgan fingerprint density at radius 3 is 2.78 bits per heavy atom. The zero-order valence-electron chi connectivity index (χ0n) is 10.9. The Morgan fingerprint density at radius 2 is 2.06 bits per heavy atom. The van der Waals surface area contributed by atoms with Gasteiger partial charge in [0.15, 0.2) is 0 Å². The smallest absolute Gasteiger partial charge is 0.201 e.